The molecule has 28 heavy (non-hydrogen) atoms. The summed E-state index contributed by atoms with van der Waals surface area (Å²) in [7, 11) is 0. The smallest absolute Gasteiger partial charge is 0.119 e. The second-order valence-corrected chi connectivity index (χ2v) is 9.17. The highest BCUT2D eigenvalue weighted by Crippen LogP contribution is 2.42. The number of hydrogen-bond donors (Lipinski definition) is 1. The Balaban J connectivity index is 2.08. The number of phenolic OH excluding ortho intramolecular Hbond substituents is 1. The van der Waals surface area contributed by atoms with E-state index in [1.54, 1.807) is 0 Å². The van der Waals surface area contributed by atoms with Crippen LogP contribution >= 0.6 is 0 Å². The van der Waals surface area contributed by atoms with Gasteiger partial charge in [-0.2, -0.15) is 0 Å². The van der Waals surface area contributed by atoms with Gasteiger partial charge < -0.3 is 5.11 Å². The fraction of sp³-hybridized carbons (Fsp3) is 0.333. The van der Waals surface area contributed by atoms with Gasteiger partial charge in [0.1, 0.15) is 5.75 Å². The van der Waals surface area contributed by atoms with Crippen molar-refractivity contribution < 1.29 is 5.11 Å². The highest BCUT2D eigenvalue weighted by molar-refractivity contribution is 5.53. The minimum absolute atomic E-state index is 0.179. The van der Waals surface area contributed by atoms with Gasteiger partial charge in [-0.25, -0.2) is 0 Å². The summed E-state index contributed by atoms with van der Waals surface area (Å²) in [5.41, 5.74) is 7.86. The van der Waals surface area contributed by atoms with Gasteiger partial charge >= 0.3 is 0 Å². The summed E-state index contributed by atoms with van der Waals surface area (Å²) in [6, 6.07) is 21.4. The van der Waals surface area contributed by atoms with Gasteiger partial charge in [0.2, 0.25) is 0 Å². The average Bonchev–Trinajstić information content (AvgIpc) is 2.63. The second-order valence-electron chi connectivity index (χ2n) is 9.17. The molecule has 0 bridgehead atoms. The molecule has 146 valence electrons. The fourth-order valence-corrected chi connectivity index (χ4v) is 4.12. The van der Waals surface area contributed by atoms with E-state index in [9.17, 15) is 5.11 Å². The van der Waals surface area contributed by atoms with E-state index < -0.39 is 0 Å². The lowest BCUT2D eigenvalue weighted by atomic mass is 9.72. The topological polar surface area (TPSA) is 20.2 Å². The van der Waals surface area contributed by atoms with E-state index in [4.69, 9.17) is 0 Å². The van der Waals surface area contributed by atoms with Crippen molar-refractivity contribution in [2.75, 3.05) is 0 Å². The Morgan fingerprint density at radius 2 is 0.964 bits per heavy atom. The van der Waals surface area contributed by atoms with Crippen molar-refractivity contribution in [2.45, 2.75) is 59.3 Å². The molecule has 0 fully saturated rings. The molecule has 0 aliphatic rings. The van der Waals surface area contributed by atoms with Gasteiger partial charge in [0.15, 0.2) is 0 Å². The van der Waals surface area contributed by atoms with E-state index >= 15 is 0 Å². The Bertz CT molecular complexity index is 891. The van der Waals surface area contributed by atoms with Crippen LogP contribution in [0.4, 0.5) is 0 Å². The van der Waals surface area contributed by atoms with Gasteiger partial charge in [0, 0.05) is 16.4 Å². The molecule has 0 atom stereocenters. The van der Waals surface area contributed by atoms with E-state index in [0.717, 1.165) is 11.1 Å². The predicted octanol–water partition coefficient (Wildman–Crippen LogP) is 6.97. The molecule has 3 aromatic rings. The highest BCUT2D eigenvalue weighted by Gasteiger charge is 2.30. The molecule has 3 rings (SSSR count). The Kier molecular flexibility index (Phi) is 5.14. The van der Waals surface area contributed by atoms with Crippen LogP contribution in [0.5, 0.6) is 5.75 Å². The standard InChI is InChI=1S/C27H32O/c1-18-8-12-21(13-9-18)26(4,5)23-17-25(28)24(16-20(23)3)27(6,7)22-14-10-19(2)11-15-22/h8-17,28H,1-7H3. The third-order valence-electron chi connectivity index (χ3n) is 6.24. The lowest BCUT2D eigenvalue weighted by Crippen LogP contribution is -2.23. The molecule has 1 nitrogen and oxygen atoms in total. The summed E-state index contributed by atoms with van der Waals surface area (Å²) < 4.78 is 0. The molecular formula is C27H32O. The zero-order valence-electron chi connectivity index (χ0n) is 18.2. The largest absolute Gasteiger partial charge is 0.508 e. The Morgan fingerprint density at radius 3 is 1.39 bits per heavy atom. The monoisotopic (exact) mass is 372 g/mol. The van der Waals surface area contributed by atoms with Gasteiger partial charge in [0.05, 0.1) is 0 Å². The molecule has 0 aliphatic carbocycles. The van der Waals surface area contributed by atoms with Gasteiger partial charge in [-0.15, -0.1) is 0 Å². The van der Waals surface area contributed by atoms with Crippen molar-refractivity contribution in [1.82, 2.24) is 0 Å². The van der Waals surface area contributed by atoms with Crippen LogP contribution in [0.15, 0.2) is 60.7 Å². The lowest BCUT2D eigenvalue weighted by molar-refractivity contribution is 0.449. The third kappa shape index (κ3) is 3.58. The predicted molar refractivity (Wildman–Crippen MR) is 119 cm³/mol. The molecule has 0 saturated heterocycles. The van der Waals surface area contributed by atoms with Crippen LogP contribution in [0.25, 0.3) is 0 Å². The Morgan fingerprint density at radius 1 is 0.571 bits per heavy atom. The maximum absolute atomic E-state index is 11.0. The summed E-state index contributed by atoms with van der Waals surface area (Å²) in [5.74, 6) is 0.367. The SMILES string of the molecule is Cc1ccc(C(C)(C)c2cc(O)c(C(C)(C)c3ccc(C)cc3)cc2C)cc1. The molecule has 0 saturated carbocycles. The molecule has 0 heterocycles. The molecule has 0 radical (unpaired) electrons. The summed E-state index contributed by atoms with van der Waals surface area (Å²) in [6.45, 7) is 15.2. The minimum Gasteiger partial charge on any atom is -0.508 e. The van der Waals surface area contributed by atoms with Crippen molar-refractivity contribution in [2.24, 2.45) is 0 Å². The first kappa shape index (κ1) is 20.2. The zero-order valence-corrected chi connectivity index (χ0v) is 18.2. The highest BCUT2D eigenvalue weighted by atomic mass is 16.3. The number of benzene rings is 3. The van der Waals surface area contributed by atoms with Crippen molar-refractivity contribution in [3.05, 3.63) is 99.6 Å². The van der Waals surface area contributed by atoms with Gasteiger partial charge in [0.25, 0.3) is 0 Å². The average molecular weight is 373 g/mol. The first-order valence-corrected chi connectivity index (χ1v) is 10.0. The number of rotatable bonds is 4. The quantitative estimate of drug-likeness (QED) is 0.524. The molecule has 3 aromatic carbocycles. The maximum Gasteiger partial charge on any atom is 0.119 e. The van der Waals surface area contributed by atoms with Crippen molar-refractivity contribution in [3.8, 4) is 5.75 Å². The molecule has 0 amide bonds. The molecular weight excluding hydrogens is 340 g/mol. The van der Waals surface area contributed by atoms with Gasteiger partial charge in [-0.05, 0) is 49.1 Å². The number of phenols is 1. The molecule has 0 unspecified atom stereocenters. The summed E-state index contributed by atoms with van der Waals surface area (Å²) in [4.78, 5) is 0. The zero-order chi connectivity index (χ0) is 20.7. The van der Waals surface area contributed by atoms with Crippen LogP contribution in [0.3, 0.4) is 0 Å². The van der Waals surface area contributed by atoms with Crippen molar-refractivity contribution in [3.63, 3.8) is 0 Å². The maximum atomic E-state index is 11.0. The van der Waals surface area contributed by atoms with E-state index in [-0.39, 0.29) is 10.8 Å². The molecule has 1 heteroatoms. The first-order chi connectivity index (χ1) is 13.0. The third-order valence-corrected chi connectivity index (χ3v) is 6.24. The fourth-order valence-electron chi connectivity index (χ4n) is 4.12. The second kappa shape index (κ2) is 7.13. The minimum atomic E-state index is -0.269. The molecule has 0 aromatic heterocycles. The number of hydrogen-bond acceptors (Lipinski definition) is 1. The summed E-state index contributed by atoms with van der Waals surface area (Å²) in [6.07, 6.45) is 0. The Hall–Kier alpha value is -2.54. The first-order valence-electron chi connectivity index (χ1n) is 10.0. The van der Waals surface area contributed by atoms with Crippen LogP contribution in [-0.4, -0.2) is 5.11 Å². The lowest BCUT2D eigenvalue weighted by Gasteiger charge is -2.32. The Labute approximate surface area is 170 Å². The van der Waals surface area contributed by atoms with Crippen molar-refractivity contribution >= 4 is 0 Å². The van der Waals surface area contributed by atoms with E-state index in [1.165, 1.54) is 27.8 Å². The van der Waals surface area contributed by atoms with Crippen LogP contribution in [0.2, 0.25) is 0 Å². The summed E-state index contributed by atoms with van der Waals surface area (Å²) in [5, 5.41) is 11.0. The van der Waals surface area contributed by atoms with Crippen LogP contribution < -0.4 is 0 Å². The number of aromatic hydroxyl groups is 1. The molecule has 0 spiro atoms. The van der Waals surface area contributed by atoms with Crippen LogP contribution in [-0.2, 0) is 10.8 Å². The molecule has 1 N–H and O–H groups in total. The number of aryl methyl sites for hydroxylation is 3. The normalized spacial score (nSPS) is 12.2. The summed E-state index contributed by atoms with van der Waals surface area (Å²) >= 11 is 0. The van der Waals surface area contributed by atoms with Crippen molar-refractivity contribution in [1.29, 1.82) is 0 Å². The van der Waals surface area contributed by atoms with Gasteiger partial charge in [-0.3, -0.25) is 0 Å². The van der Waals surface area contributed by atoms with E-state index in [1.807, 2.05) is 6.07 Å². The molecule has 0 aliphatic heterocycles. The van der Waals surface area contributed by atoms with E-state index in [2.05, 4.69) is 103 Å². The van der Waals surface area contributed by atoms with Crippen LogP contribution in [0.1, 0.15) is 66.6 Å². The van der Waals surface area contributed by atoms with Crippen LogP contribution in [0, 0.1) is 20.8 Å². The van der Waals surface area contributed by atoms with E-state index in [0.29, 0.717) is 5.75 Å². The van der Waals surface area contributed by atoms with Gasteiger partial charge in [-0.1, -0.05) is 93.4 Å².